The first-order valence-corrected chi connectivity index (χ1v) is 7.03. The van der Waals surface area contributed by atoms with E-state index in [0.29, 0.717) is 0 Å². The van der Waals surface area contributed by atoms with Gasteiger partial charge in [-0.05, 0) is 12.1 Å². The van der Waals surface area contributed by atoms with Crippen LogP contribution in [0.2, 0.25) is 24.7 Å². The third-order valence-electron chi connectivity index (χ3n) is 2.60. The fraction of sp³-hybridized carbons (Fsp3) is 1.00. The molecule has 0 bridgehead atoms. The van der Waals surface area contributed by atoms with Crippen LogP contribution in [0.1, 0.15) is 13.8 Å². The third kappa shape index (κ3) is 2.50. The fourth-order valence-electron chi connectivity index (χ4n) is 0.667. The van der Waals surface area contributed by atoms with Gasteiger partial charge in [0.25, 0.3) is 0 Å². The molecule has 2 heteroatoms. The summed E-state index contributed by atoms with van der Waals surface area (Å²) in [5, 5.41) is 0. The number of hydrogen-bond donors (Lipinski definition) is 1. The average Bonchev–Trinajstić information content (AvgIpc) is 1.86. The van der Waals surface area contributed by atoms with Crippen molar-refractivity contribution < 1.29 is 0 Å². The zero-order valence-electron chi connectivity index (χ0n) is 7.07. The minimum absolute atomic E-state index is 0.780. The quantitative estimate of drug-likeness (QED) is 0.604. The van der Waals surface area contributed by atoms with Crippen molar-refractivity contribution in [2.75, 3.05) is 6.54 Å². The van der Waals surface area contributed by atoms with Crippen LogP contribution in [-0.2, 0) is 0 Å². The molecule has 0 amide bonds. The molecule has 0 aliphatic carbocycles. The summed E-state index contributed by atoms with van der Waals surface area (Å²) in [6.07, 6.45) is 0. The molecule has 56 valence electrons. The molecule has 0 aliphatic heterocycles. The molecule has 0 fully saturated rings. The van der Waals surface area contributed by atoms with Crippen LogP contribution in [0.3, 0.4) is 0 Å². The lowest BCUT2D eigenvalue weighted by molar-refractivity contribution is 0.876. The van der Waals surface area contributed by atoms with E-state index in [0.717, 1.165) is 12.1 Å². The van der Waals surface area contributed by atoms with Crippen LogP contribution in [0.25, 0.3) is 0 Å². The molecule has 1 unspecified atom stereocenters. The highest BCUT2D eigenvalue weighted by atomic mass is 28.3. The van der Waals surface area contributed by atoms with E-state index in [2.05, 4.69) is 26.9 Å². The Morgan fingerprint density at radius 2 is 1.89 bits per heavy atom. The van der Waals surface area contributed by atoms with Gasteiger partial charge in [-0.2, -0.15) is 0 Å². The lowest BCUT2D eigenvalue weighted by atomic mass is 10.5. The Kier molecular flexibility index (Phi) is 3.44. The van der Waals surface area contributed by atoms with Crippen molar-refractivity contribution in [3.63, 3.8) is 0 Å². The van der Waals surface area contributed by atoms with Gasteiger partial charge < -0.3 is 5.73 Å². The summed E-state index contributed by atoms with van der Waals surface area (Å²) < 4.78 is 0. The first-order valence-electron chi connectivity index (χ1n) is 3.74. The Hall–Kier alpha value is 0.177. The van der Waals surface area contributed by atoms with Gasteiger partial charge in [0.2, 0.25) is 0 Å². The molecular formula is C7H19NSi. The van der Waals surface area contributed by atoms with Gasteiger partial charge in [0, 0.05) is 0 Å². The molecule has 0 aromatic carbocycles. The number of rotatable bonds is 3. The predicted octanol–water partition coefficient (Wildman–Crippen LogP) is 2.06. The molecule has 0 aromatic rings. The van der Waals surface area contributed by atoms with Gasteiger partial charge in [0.1, 0.15) is 0 Å². The van der Waals surface area contributed by atoms with Crippen molar-refractivity contribution in [3.8, 4) is 0 Å². The topological polar surface area (TPSA) is 26.0 Å². The van der Waals surface area contributed by atoms with E-state index in [9.17, 15) is 0 Å². The lowest BCUT2D eigenvalue weighted by Crippen LogP contribution is -2.33. The fourth-order valence-corrected chi connectivity index (χ4v) is 2.00. The minimum atomic E-state index is -0.906. The summed E-state index contributed by atoms with van der Waals surface area (Å²) in [6, 6.07) is 1.35. The van der Waals surface area contributed by atoms with Crippen LogP contribution in [0.15, 0.2) is 0 Å². The lowest BCUT2D eigenvalue weighted by Gasteiger charge is -2.26. The smallest absolute Gasteiger partial charge is 0.0511 e. The Bertz CT molecular complexity index is 81.0. The van der Waals surface area contributed by atoms with Gasteiger partial charge in [-0.25, -0.2) is 0 Å². The zero-order chi connectivity index (χ0) is 7.49. The van der Waals surface area contributed by atoms with Gasteiger partial charge in [0.15, 0.2) is 0 Å². The van der Waals surface area contributed by atoms with Gasteiger partial charge in [0.05, 0.1) is 8.07 Å². The third-order valence-corrected chi connectivity index (χ3v) is 7.33. The van der Waals surface area contributed by atoms with Crippen molar-refractivity contribution >= 4 is 8.07 Å². The van der Waals surface area contributed by atoms with Crippen LogP contribution >= 0.6 is 0 Å². The molecule has 2 N–H and O–H groups in total. The Balaban J connectivity index is 3.80. The maximum atomic E-state index is 5.57. The van der Waals surface area contributed by atoms with Crippen molar-refractivity contribution in [3.05, 3.63) is 0 Å². The average molecular weight is 145 g/mol. The van der Waals surface area contributed by atoms with E-state index in [1.54, 1.807) is 0 Å². The second-order valence-electron chi connectivity index (χ2n) is 3.48. The molecule has 0 aliphatic rings. The summed E-state index contributed by atoms with van der Waals surface area (Å²) in [7, 11) is -0.906. The normalized spacial score (nSPS) is 15.7. The summed E-state index contributed by atoms with van der Waals surface area (Å²) in [6.45, 7) is 10.2. The molecule has 0 radical (unpaired) electrons. The summed E-state index contributed by atoms with van der Waals surface area (Å²) >= 11 is 0. The Morgan fingerprint density at radius 3 is 2.00 bits per heavy atom. The van der Waals surface area contributed by atoms with Gasteiger partial charge in [-0.1, -0.05) is 33.0 Å². The summed E-state index contributed by atoms with van der Waals surface area (Å²) in [5.41, 5.74) is 6.35. The van der Waals surface area contributed by atoms with Crippen molar-refractivity contribution in [2.24, 2.45) is 5.73 Å². The molecule has 1 nitrogen and oxygen atoms in total. The maximum Gasteiger partial charge on any atom is 0.0511 e. The molecule has 0 saturated carbocycles. The first-order chi connectivity index (χ1) is 4.04. The van der Waals surface area contributed by atoms with E-state index in [1.165, 1.54) is 6.04 Å². The largest absolute Gasteiger partial charge is 0.330 e. The van der Waals surface area contributed by atoms with Gasteiger partial charge in [-0.15, -0.1) is 0 Å². The molecule has 9 heavy (non-hydrogen) atoms. The highest BCUT2D eigenvalue weighted by Crippen LogP contribution is 2.23. The second-order valence-corrected chi connectivity index (χ2v) is 9.15. The zero-order valence-corrected chi connectivity index (χ0v) is 8.07. The summed E-state index contributed by atoms with van der Waals surface area (Å²) in [4.78, 5) is 0. The number of nitrogens with two attached hydrogens (primary N) is 1. The van der Waals surface area contributed by atoms with Crippen molar-refractivity contribution in [1.82, 2.24) is 0 Å². The van der Waals surface area contributed by atoms with Crippen LogP contribution in [-0.4, -0.2) is 14.6 Å². The SMILES string of the molecule is CC[Si](C)(C)C(C)CN. The molecule has 0 saturated heterocycles. The number of hydrogen-bond acceptors (Lipinski definition) is 1. The monoisotopic (exact) mass is 145 g/mol. The van der Waals surface area contributed by atoms with Crippen LogP contribution in [0.5, 0.6) is 0 Å². The van der Waals surface area contributed by atoms with E-state index in [-0.39, 0.29) is 0 Å². The first kappa shape index (κ1) is 9.18. The highest BCUT2D eigenvalue weighted by Gasteiger charge is 2.24. The van der Waals surface area contributed by atoms with Gasteiger partial charge in [-0.3, -0.25) is 0 Å². The van der Waals surface area contributed by atoms with E-state index in [1.807, 2.05) is 0 Å². The molecule has 0 spiro atoms. The van der Waals surface area contributed by atoms with Crippen LogP contribution < -0.4 is 5.73 Å². The Labute approximate surface area is 59.6 Å². The summed E-state index contributed by atoms with van der Waals surface area (Å²) in [5.74, 6) is 0. The van der Waals surface area contributed by atoms with E-state index < -0.39 is 8.07 Å². The Morgan fingerprint density at radius 1 is 1.44 bits per heavy atom. The minimum Gasteiger partial charge on any atom is -0.330 e. The van der Waals surface area contributed by atoms with Crippen molar-refractivity contribution in [1.29, 1.82) is 0 Å². The van der Waals surface area contributed by atoms with E-state index >= 15 is 0 Å². The molecule has 0 rings (SSSR count). The van der Waals surface area contributed by atoms with Crippen molar-refractivity contribution in [2.45, 2.75) is 38.5 Å². The van der Waals surface area contributed by atoms with Crippen LogP contribution in [0, 0.1) is 0 Å². The second kappa shape index (κ2) is 3.37. The van der Waals surface area contributed by atoms with Crippen LogP contribution in [0.4, 0.5) is 0 Å². The highest BCUT2D eigenvalue weighted by molar-refractivity contribution is 6.78. The van der Waals surface area contributed by atoms with E-state index in [4.69, 9.17) is 5.73 Å². The standard InChI is InChI=1S/C7H19NSi/c1-5-9(3,4)7(2)6-8/h7H,5-6,8H2,1-4H3. The molecule has 0 aromatic heterocycles. The van der Waals surface area contributed by atoms with Gasteiger partial charge >= 0.3 is 0 Å². The molecule has 0 heterocycles. The molecular weight excluding hydrogens is 126 g/mol. The molecule has 1 atom stereocenters. The maximum absolute atomic E-state index is 5.57. The predicted molar refractivity (Wildman–Crippen MR) is 46.4 cm³/mol.